The van der Waals surface area contributed by atoms with Crippen LogP contribution in [0.2, 0.25) is 0 Å². The second-order valence-electron chi connectivity index (χ2n) is 6.92. The molecule has 1 aliphatic heterocycles. The van der Waals surface area contributed by atoms with Gasteiger partial charge in [0.05, 0.1) is 18.7 Å². The molecule has 0 bridgehead atoms. The molecule has 4 rings (SSSR count). The average molecular weight is 446 g/mol. The monoisotopic (exact) mass is 445 g/mol. The Hall–Kier alpha value is -2.94. The Balaban J connectivity index is 1.71. The van der Waals surface area contributed by atoms with E-state index in [0.29, 0.717) is 5.56 Å². The average Bonchev–Trinajstić information content (AvgIpc) is 2.79. The zero-order valence-electron chi connectivity index (χ0n) is 16.0. The number of methoxy groups -OCH3 is 1. The fourth-order valence-electron chi connectivity index (χ4n) is 3.51. The van der Waals surface area contributed by atoms with Crippen LogP contribution in [0.25, 0.3) is 0 Å². The number of aliphatic imine (C=N–C) groups is 1. The molecule has 0 unspecified atom stereocenters. The van der Waals surface area contributed by atoms with Gasteiger partial charge in [0.2, 0.25) is 0 Å². The van der Waals surface area contributed by atoms with Gasteiger partial charge in [0.25, 0.3) is 0 Å². The third-order valence-electron chi connectivity index (χ3n) is 5.07. The van der Waals surface area contributed by atoms with Gasteiger partial charge in [0, 0.05) is 22.6 Å². The Labute approximate surface area is 179 Å². The van der Waals surface area contributed by atoms with Crippen molar-refractivity contribution in [1.29, 1.82) is 5.26 Å². The van der Waals surface area contributed by atoms with Crippen LogP contribution in [0, 0.1) is 11.3 Å². The summed E-state index contributed by atoms with van der Waals surface area (Å²) in [7, 11) is 1.67. The van der Waals surface area contributed by atoms with E-state index in [1.165, 1.54) is 5.56 Å². The van der Waals surface area contributed by atoms with Gasteiger partial charge in [-0.25, -0.2) is 0 Å². The van der Waals surface area contributed by atoms with Crippen molar-refractivity contribution < 1.29 is 4.74 Å². The Kier molecular flexibility index (Phi) is 5.75. The lowest BCUT2D eigenvalue weighted by molar-refractivity contribution is 0.413. The molecule has 3 aromatic rings. The fraction of sp³-hybridized carbons (Fsp3) is 0.167. The molecule has 0 aliphatic carbocycles. The molecule has 29 heavy (non-hydrogen) atoms. The highest BCUT2D eigenvalue weighted by Crippen LogP contribution is 2.32. The van der Waals surface area contributed by atoms with Gasteiger partial charge in [-0.2, -0.15) is 5.26 Å². The molecule has 2 atom stereocenters. The molecule has 1 N–H and O–H groups in total. The summed E-state index contributed by atoms with van der Waals surface area (Å²) in [5.74, 6) is 0.842. The third-order valence-corrected chi connectivity index (χ3v) is 5.57. The van der Waals surface area contributed by atoms with Crippen LogP contribution in [0.3, 0.4) is 0 Å². The standard InChI is InChI=1S/C24H20BrN3O/c1-29-21-11-9-17(10-12-21)22-14-23(19-3-2-4-20(25)13-19)28-24(27-22)18-7-5-16(15-26)6-8-18/h2-13,22,24,27H,14H2,1H3/t22-,24-/m0/s1. The number of benzene rings is 3. The molecule has 0 saturated carbocycles. The van der Waals surface area contributed by atoms with E-state index in [9.17, 15) is 0 Å². The number of rotatable bonds is 4. The van der Waals surface area contributed by atoms with E-state index in [4.69, 9.17) is 15.0 Å². The number of ether oxygens (including phenoxy) is 1. The van der Waals surface area contributed by atoms with Crippen LogP contribution >= 0.6 is 15.9 Å². The Morgan fingerprint density at radius 2 is 1.76 bits per heavy atom. The zero-order chi connectivity index (χ0) is 20.2. The first kappa shape index (κ1) is 19.4. The number of nitriles is 1. The summed E-state index contributed by atoms with van der Waals surface area (Å²) in [5.41, 5.74) is 5.03. The van der Waals surface area contributed by atoms with Crippen LogP contribution in [0.15, 0.2) is 82.3 Å². The summed E-state index contributed by atoms with van der Waals surface area (Å²) >= 11 is 3.57. The number of nitrogens with zero attached hydrogens (tertiary/aromatic N) is 2. The minimum atomic E-state index is -0.183. The van der Waals surface area contributed by atoms with Gasteiger partial charge >= 0.3 is 0 Å². The van der Waals surface area contributed by atoms with E-state index in [-0.39, 0.29) is 12.2 Å². The minimum absolute atomic E-state index is 0.119. The van der Waals surface area contributed by atoms with Crippen molar-refractivity contribution >= 4 is 21.6 Å². The molecule has 0 amide bonds. The second kappa shape index (κ2) is 8.60. The molecule has 0 aromatic heterocycles. The van der Waals surface area contributed by atoms with E-state index in [0.717, 1.165) is 33.5 Å². The van der Waals surface area contributed by atoms with Gasteiger partial charge in [-0.15, -0.1) is 0 Å². The predicted octanol–water partition coefficient (Wildman–Crippen LogP) is 5.55. The number of hydrogen-bond acceptors (Lipinski definition) is 4. The third kappa shape index (κ3) is 4.40. The Bertz CT molecular complexity index is 1070. The van der Waals surface area contributed by atoms with Gasteiger partial charge in [0.1, 0.15) is 11.9 Å². The number of hydrogen-bond donors (Lipinski definition) is 1. The molecule has 0 saturated heterocycles. The summed E-state index contributed by atoms with van der Waals surface area (Å²) in [6.45, 7) is 0. The van der Waals surface area contributed by atoms with Crippen LogP contribution < -0.4 is 10.1 Å². The highest BCUT2D eigenvalue weighted by Gasteiger charge is 2.26. The summed E-state index contributed by atoms with van der Waals surface area (Å²) in [5, 5.41) is 12.7. The van der Waals surface area contributed by atoms with Gasteiger partial charge in [-0.05, 0) is 53.1 Å². The van der Waals surface area contributed by atoms with E-state index in [2.05, 4.69) is 51.6 Å². The summed E-state index contributed by atoms with van der Waals surface area (Å²) in [6, 6.07) is 26.3. The van der Waals surface area contributed by atoms with Crippen molar-refractivity contribution in [3.05, 3.63) is 99.5 Å². The number of nitrogens with one attached hydrogen (secondary N) is 1. The molecular formula is C24H20BrN3O. The van der Waals surface area contributed by atoms with Crippen molar-refractivity contribution in [3.63, 3.8) is 0 Å². The molecule has 1 aliphatic rings. The van der Waals surface area contributed by atoms with Gasteiger partial charge in [0.15, 0.2) is 0 Å². The molecule has 1 heterocycles. The highest BCUT2D eigenvalue weighted by molar-refractivity contribution is 9.10. The quantitative estimate of drug-likeness (QED) is 0.572. The number of halogens is 1. The first-order chi connectivity index (χ1) is 14.2. The van der Waals surface area contributed by atoms with Crippen LogP contribution in [0.4, 0.5) is 0 Å². The summed E-state index contributed by atoms with van der Waals surface area (Å²) in [6.07, 6.45) is 0.604. The van der Waals surface area contributed by atoms with Crippen LogP contribution in [-0.4, -0.2) is 12.8 Å². The van der Waals surface area contributed by atoms with Crippen molar-refractivity contribution in [2.45, 2.75) is 18.6 Å². The van der Waals surface area contributed by atoms with Gasteiger partial charge in [-0.3, -0.25) is 10.3 Å². The SMILES string of the molecule is COc1ccc([C@@H]2CC(c3cccc(Br)c3)=N[C@@H](c3ccc(C#N)cc3)N2)cc1. The second-order valence-corrected chi connectivity index (χ2v) is 7.83. The van der Waals surface area contributed by atoms with Crippen LogP contribution in [0.1, 0.15) is 40.9 Å². The summed E-state index contributed by atoms with van der Waals surface area (Å²) < 4.78 is 6.33. The zero-order valence-corrected chi connectivity index (χ0v) is 17.6. The van der Waals surface area contributed by atoms with Crippen LogP contribution in [0.5, 0.6) is 5.75 Å². The van der Waals surface area contributed by atoms with Crippen molar-refractivity contribution in [2.24, 2.45) is 4.99 Å². The molecule has 0 fully saturated rings. The maximum Gasteiger partial charge on any atom is 0.126 e. The highest BCUT2D eigenvalue weighted by atomic mass is 79.9. The van der Waals surface area contributed by atoms with Gasteiger partial charge < -0.3 is 4.74 Å². The first-order valence-electron chi connectivity index (χ1n) is 9.39. The maximum atomic E-state index is 9.08. The molecule has 5 heteroatoms. The minimum Gasteiger partial charge on any atom is -0.497 e. The maximum absolute atomic E-state index is 9.08. The van der Waals surface area contributed by atoms with Crippen molar-refractivity contribution in [2.75, 3.05) is 7.11 Å². The Morgan fingerprint density at radius 3 is 2.41 bits per heavy atom. The first-order valence-corrected chi connectivity index (χ1v) is 10.2. The van der Waals surface area contributed by atoms with E-state index < -0.39 is 0 Å². The Morgan fingerprint density at radius 1 is 1.03 bits per heavy atom. The van der Waals surface area contributed by atoms with E-state index in [1.807, 2.05) is 48.5 Å². The lowest BCUT2D eigenvalue weighted by Gasteiger charge is -2.30. The normalized spacial score (nSPS) is 18.6. The fourth-order valence-corrected chi connectivity index (χ4v) is 3.91. The smallest absolute Gasteiger partial charge is 0.126 e. The lowest BCUT2D eigenvalue weighted by atomic mass is 9.94. The van der Waals surface area contributed by atoms with Gasteiger partial charge in [-0.1, -0.05) is 52.3 Å². The molecule has 0 spiro atoms. The largest absolute Gasteiger partial charge is 0.497 e. The molecular weight excluding hydrogens is 426 g/mol. The molecule has 0 radical (unpaired) electrons. The summed E-state index contributed by atoms with van der Waals surface area (Å²) in [4.78, 5) is 5.01. The molecule has 144 valence electrons. The van der Waals surface area contributed by atoms with Crippen molar-refractivity contribution in [3.8, 4) is 11.8 Å². The lowest BCUT2D eigenvalue weighted by Crippen LogP contribution is -2.33. The molecule has 4 nitrogen and oxygen atoms in total. The molecule has 3 aromatic carbocycles. The van der Waals surface area contributed by atoms with E-state index >= 15 is 0 Å². The predicted molar refractivity (Wildman–Crippen MR) is 118 cm³/mol. The van der Waals surface area contributed by atoms with Crippen molar-refractivity contribution in [1.82, 2.24) is 5.32 Å². The van der Waals surface area contributed by atoms with Crippen LogP contribution in [-0.2, 0) is 0 Å². The van der Waals surface area contributed by atoms with E-state index in [1.54, 1.807) is 7.11 Å². The topological polar surface area (TPSA) is 57.4 Å².